The van der Waals surface area contributed by atoms with Gasteiger partial charge < -0.3 is 0 Å². The highest BCUT2D eigenvalue weighted by molar-refractivity contribution is 6.30. The third-order valence-corrected chi connectivity index (χ3v) is 6.06. The molecule has 0 N–H and O–H groups in total. The van der Waals surface area contributed by atoms with E-state index in [1.165, 1.54) is 9.80 Å². The minimum Gasteiger partial charge on any atom is -0.274 e. The molecule has 3 unspecified atom stereocenters. The van der Waals surface area contributed by atoms with Crippen molar-refractivity contribution in [1.29, 1.82) is 0 Å². The molecule has 27 heavy (non-hydrogen) atoms. The molecule has 0 bridgehead atoms. The van der Waals surface area contributed by atoms with Crippen LogP contribution in [0.15, 0.2) is 24.3 Å². The standard InChI is InChI=1S/C21H27ClN2O3/c1-3-4-16-11-14(2)18(12-16)24-20(26)13-19(25)23(21(24)27)10-9-15-5-7-17(22)8-6-15/h5-8,14,16,18H,3-4,9-13H2,1-2H3. The Balaban J connectivity index is 1.70. The lowest BCUT2D eigenvalue weighted by molar-refractivity contribution is -0.144. The van der Waals surface area contributed by atoms with Crippen molar-refractivity contribution in [2.75, 3.05) is 6.54 Å². The van der Waals surface area contributed by atoms with Crippen LogP contribution in [0.3, 0.4) is 0 Å². The molecule has 6 heteroatoms. The summed E-state index contributed by atoms with van der Waals surface area (Å²) in [6, 6.07) is 6.82. The lowest BCUT2D eigenvalue weighted by Gasteiger charge is -2.37. The first kappa shape index (κ1) is 19.9. The van der Waals surface area contributed by atoms with Crippen molar-refractivity contribution >= 4 is 29.4 Å². The maximum absolute atomic E-state index is 13.0. The highest BCUT2D eigenvalue weighted by atomic mass is 35.5. The normalized spacial score (nSPS) is 26.2. The fourth-order valence-electron chi connectivity index (χ4n) is 4.45. The first-order valence-corrected chi connectivity index (χ1v) is 10.2. The third-order valence-electron chi connectivity index (χ3n) is 5.81. The monoisotopic (exact) mass is 390 g/mol. The van der Waals surface area contributed by atoms with Crippen molar-refractivity contribution in [3.05, 3.63) is 34.9 Å². The minimum absolute atomic E-state index is 0.0901. The Morgan fingerprint density at radius 1 is 1.07 bits per heavy atom. The van der Waals surface area contributed by atoms with Gasteiger partial charge in [0.05, 0.1) is 0 Å². The number of imide groups is 2. The summed E-state index contributed by atoms with van der Waals surface area (Å²) in [6.07, 6.45) is 4.46. The van der Waals surface area contributed by atoms with Crippen molar-refractivity contribution in [2.24, 2.45) is 11.8 Å². The molecule has 146 valence electrons. The van der Waals surface area contributed by atoms with E-state index < -0.39 is 11.9 Å². The van der Waals surface area contributed by atoms with Crippen LogP contribution in [0.25, 0.3) is 0 Å². The molecule has 1 saturated carbocycles. The van der Waals surface area contributed by atoms with Gasteiger partial charge in [-0.1, -0.05) is 50.4 Å². The topological polar surface area (TPSA) is 57.7 Å². The molecule has 3 rings (SSSR count). The van der Waals surface area contributed by atoms with Crippen molar-refractivity contribution < 1.29 is 14.4 Å². The quantitative estimate of drug-likeness (QED) is 0.681. The molecule has 1 aliphatic heterocycles. The van der Waals surface area contributed by atoms with Gasteiger partial charge in [0.2, 0.25) is 11.8 Å². The molecule has 1 heterocycles. The number of nitrogens with zero attached hydrogens (tertiary/aromatic N) is 2. The predicted octanol–water partition coefficient (Wildman–Crippen LogP) is 4.28. The van der Waals surface area contributed by atoms with Crippen molar-refractivity contribution in [3.8, 4) is 0 Å². The average Bonchev–Trinajstić information content (AvgIpc) is 2.96. The van der Waals surface area contributed by atoms with E-state index in [-0.39, 0.29) is 30.8 Å². The molecule has 5 nitrogen and oxygen atoms in total. The number of hydrogen-bond donors (Lipinski definition) is 0. The summed E-state index contributed by atoms with van der Waals surface area (Å²) in [5, 5.41) is 0.650. The zero-order chi connectivity index (χ0) is 19.6. The van der Waals surface area contributed by atoms with Gasteiger partial charge >= 0.3 is 6.03 Å². The van der Waals surface area contributed by atoms with Gasteiger partial charge in [-0.25, -0.2) is 4.79 Å². The molecule has 2 fully saturated rings. The van der Waals surface area contributed by atoms with E-state index >= 15 is 0 Å². The van der Waals surface area contributed by atoms with E-state index in [0.29, 0.717) is 17.4 Å². The molecule has 0 spiro atoms. The Morgan fingerprint density at radius 2 is 1.78 bits per heavy atom. The Kier molecular flexibility index (Phi) is 6.20. The summed E-state index contributed by atoms with van der Waals surface area (Å²) in [5.74, 6) is 0.0872. The van der Waals surface area contributed by atoms with Crippen LogP contribution in [0.2, 0.25) is 5.02 Å². The summed E-state index contributed by atoms with van der Waals surface area (Å²) >= 11 is 5.90. The second-order valence-corrected chi connectivity index (χ2v) is 8.25. The number of carbonyl (C=O) groups excluding carboxylic acids is 3. The van der Waals surface area contributed by atoms with Crippen LogP contribution in [-0.2, 0) is 16.0 Å². The number of hydrogen-bond acceptors (Lipinski definition) is 3. The maximum atomic E-state index is 13.0. The fraction of sp³-hybridized carbons (Fsp3) is 0.571. The number of rotatable bonds is 6. The molecular weight excluding hydrogens is 364 g/mol. The Labute approximate surface area is 165 Å². The molecule has 1 saturated heterocycles. The molecule has 1 aliphatic carbocycles. The molecule has 0 aromatic heterocycles. The third kappa shape index (κ3) is 4.34. The average molecular weight is 391 g/mol. The molecule has 4 amide bonds. The fourth-order valence-corrected chi connectivity index (χ4v) is 4.58. The number of halogens is 1. The number of barbiturate groups is 1. The summed E-state index contributed by atoms with van der Waals surface area (Å²) in [4.78, 5) is 40.5. The summed E-state index contributed by atoms with van der Waals surface area (Å²) in [5.41, 5.74) is 1.00. The Morgan fingerprint density at radius 3 is 2.44 bits per heavy atom. The molecule has 3 atom stereocenters. The highest BCUT2D eigenvalue weighted by Gasteiger charge is 2.45. The van der Waals surface area contributed by atoms with Crippen LogP contribution >= 0.6 is 11.6 Å². The van der Waals surface area contributed by atoms with Crippen molar-refractivity contribution in [2.45, 2.75) is 58.4 Å². The summed E-state index contributed by atoms with van der Waals surface area (Å²) < 4.78 is 0. The minimum atomic E-state index is -0.445. The Bertz CT molecular complexity index is 719. The summed E-state index contributed by atoms with van der Waals surface area (Å²) in [6.45, 7) is 4.55. The van der Waals surface area contributed by atoms with Crippen LogP contribution in [0, 0.1) is 11.8 Å². The van der Waals surface area contributed by atoms with Crippen LogP contribution in [-0.4, -0.2) is 40.2 Å². The smallest absolute Gasteiger partial charge is 0.274 e. The van der Waals surface area contributed by atoms with Gasteiger partial charge in [-0.3, -0.25) is 19.4 Å². The van der Waals surface area contributed by atoms with E-state index in [4.69, 9.17) is 11.6 Å². The van der Waals surface area contributed by atoms with Crippen LogP contribution in [0.5, 0.6) is 0 Å². The zero-order valence-corrected chi connectivity index (χ0v) is 16.7. The zero-order valence-electron chi connectivity index (χ0n) is 16.0. The predicted molar refractivity (Wildman–Crippen MR) is 104 cm³/mol. The van der Waals surface area contributed by atoms with E-state index in [0.717, 1.165) is 31.2 Å². The van der Waals surface area contributed by atoms with E-state index in [1.807, 2.05) is 12.1 Å². The lowest BCUT2D eigenvalue weighted by Crippen LogP contribution is -2.59. The highest BCUT2D eigenvalue weighted by Crippen LogP contribution is 2.38. The van der Waals surface area contributed by atoms with Gasteiger partial charge in [0.1, 0.15) is 6.42 Å². The lowest BCUT2D eigenvalue weighted by atomic mass is 10.0. The van der Waals surface area contributed by atoms with Gasteiger partial charge in [-0.2, -0.15) is 0 Å². The van der Waals surface area contributed by atoms with Gasteiger partial charge in [0.15, 0.2) is 0 Å². The van der Waals surface area contributed by atoms with Gasteiger partial charge in [0.25, 0.3) is 0 Å². The number of benzene rings is 1. The van der Waals surface area contributed by atoms with Crippen molar-refractivity contribution in [3.63, 3.8) is 0 Å². The Hall–Kier alpha value is -1.88. The van der Waals surface area contributed by atoms with Gasteiger partial charge in [0, 0.05) is 17.6 Å². The van der Waals surface area contributed by atoms with E-state index in [1.54, 1.807) is 12.1 Å². The maximum Gasteiger partial charge on any atom is 0.333 e. The van der Waals surface area contributed by atoms with E-state index in [2.05, 4.69) is 13.8 Å². The molecular formula is C21H27ClN2O3. The van der Waals surface area contributed by atoms with Gasteiger partial charge in [-0.15, -0.1) is 0 Å². The summed E-state index contributed by atoms with van der Waals surface area (Å²) in [7, 11) is 0. The SMILES string of the molecule is CCCC1CC(C)C(N2C(=O)CC(=O)N(CCc3ccc(Cl)cc3)C2=O)C1. The molecule has 2 aliphatic rings. The number of amides is 4. The largest absolute Gasteiger partial charge is 0.333 e. The second kappa shape index (κ2) is 8.42. The number of urea groups is 1. The molecule has 0 radical (unpaired) electrons. The first-order chi connectivity index (χ1) is 12.9. The number of carbonyl (C=O) groups is 3. The second-order valence-electron chi connectivity index (χ2n) is 7.82. The van der Waals surface area contributed by atoms with Gasteiger partial charge in [-0.05, 0) is 48.8 Å². The molecule has 1 aromatic carbocycles. The van der Waals surface area contributed by atoms with Crippen molar-refractivity contribution in [1.82, 2.24) is 9.80 Å². The van der Waals surface area contributed by atoms with Crippen LogP contribution in [0.1, 0.15) is 51.5 Å². The first-order valence-electron chi connectivity index (χ1n) is 9.81. The molecule has 1 aromatic rings. The van der Waals surface area contributed by atoms with E-state index in [9.17, 15) is 14.4 Å². The van der Waals surface area contributed by atoms with Crippen LogP contribution in [0.4, 0.5) is 4.79 Å². The van der Waals surface area contributed by atoms with Crippen LogP contribution < -0.4 is 0 Å².